The number of benzene rings is 2. The molecule has 0 unspecified atom stereocenters. The van der Waals surface area contributed by atoms with Crippen LogP contribution in [0, 0.1) is 6.92 Å². The summed E-state index contributed by atoms with van der Waals surface area (Å²) in [5, 5.41) is 9.98. The lowest BCUT2D eigenvalue weighted by atomic mass is 10.2. The number of aromatic nitrogens is 2. The van der Waals surface area contributed by atoms with Gasteiger partial charge in [0, 0.05) is 30.9 Å². The van der Waals surface area contributed by atoms with Crippen molar-refractivity contribution in [3.8, 4) is 5.75 Å². The Kier molecular flexibility index (Phi) is 6.39. The number of carbonyl (C=O) groups excluding carboxylic acids is 1. The number of amides is 1. The van der Waals surface area contributed by atoms with Crippen LogP contribution in [-0.2, 0) is 13.5 Å². The minimum atomic E-state index is -0.350. The number of hydrogen-bond donors (Lipinski definition) is 2. The van der Waals surface area contributed by atoms with Gasteiger partial charge in [-0.1, -0.05) is 36.4 Å². The average Bonchev–Trinajstić information content (AvgIpc) is 3.02. The lowest BCUT2D eigenvalue weighted by molar-refractivity contribution is 0.0972. The Hall–Kier alpha value is -3.19. The number of rotatable bonds is 6. The Morgan fingerprint density at radius 1 is 1.14 bits per heavy atom. The van der Waals surface area contributed by atoms with Crippen LogP contribution >= 0.6 is 12.2 Å². The molecule has 1 amide bonds. The fourth-order valence-corrected chi connectivity index (χ4v) is 2.81. The summed E-state index contributed by atoms with van der Waals surface area (Å²) >= 11 is 5.23. The molecule has 0 aliphatic heterocycles. The maximum atomic E-state index is 12.2. The van der Waals surface area contributed by atoms with Crippen molar-refractivity contribution in [3.63, 3.8) is 0 Å². The molecule has 0 bridgehead atoms. The first kappa shape index (κ1) is 19.6. The fraction of sp³-hybridized carbons (Fsp3) is 0.190. The molecule has 3 aromatic rings. The first-order valence-electron chi connectivity index (χ1n) is 8.91. The maximum absolute atomic E-state index is 12.2. The van der Waals surface area contributed by atoms with Gasteiger partial charge in [-0.3, -0.25) is 14.8 Å². The number of nitrogens with one attached hydrogen (secondary N) is 2. The van der Waals surface area contributed by atoms with Gasteiger partial charge in [-0.05, 0) is 42.9 Å². The number of aryl methyl sites for hydroxylation is 2. The maximum Gasteiger partial charge on any atom is 0.277 e. The first-order valence-corrected chi connectivity index (χ1v) is 9.32. The Bertz CT molecular complexity index is 950. The van der Waals surface area contributed by atoms with Crippen molar-refractivity contribution in [3.05, 3.63) is 77.6 Å². The summed E-state index contributed by atoms with van der Waals surface area (Å²) in [5.74, 6) is 0.381. The van der Waals surface area contributed by atoms with E-state index in [1.807, 2.05) is 49.4 Å². The molecule has 2 N–H and O–H groups in total. The topological polar surface area (TPSA) is 68.2 Å². The number of anilines is 1. The fourth-order valence-electron chi connectivity index (χ4n) is 2.60. The van der Waals surface area contributed by atoms with Gasteiger partial charge < -0.3 is 10.1 Å². The van der Waals surface area contributed by atoms with E-state index in [0.29, 0.717) is 12.3 Å². The SMILES string of the molecule is Cc1cc(C(=O)NC(=S)Nc2cccc(OCCc3ccccc3)c2)nn1C. The second-order valence-electron chi connectivity index (χ2n) is 6.31. The normalized spacial score (nSPS) is 10.4. The molecule has 3 rings (SSSR count). The molecule has 28 heavy (non-hydrogen) atoms. The quantitative estimate of drug-likeness (QED) is 0.627. The third-order valence-electron chi connectivity index (χ3n) is 4.17. The van der Waals surface area contributed by atoms with Gasteiger partial charge in [0.05, 0.1) is 6.61 Å². The number of carbonyl (C=O) groups is 1. The van der Waals surface area contributed by atoms with E-state index in [9.17, 15) is 4.79 Å². The van der Waals surface area contributed by atoms with Gasteiger partial charge in [-0.15, -0.1) is 0 Å². The Balaban J connectivity index is 1.52. The summed E-state index contributed by atoms with van der Waals surface area (Å²) in [6, 6.07) is 19.3. The molecule has 0 saturated carbocycles. The monoisotopic (exact) mass is 394 g/mol. The second-order valence-corrected chi connectivity index (χ2v) is 6.72. The third-order valence-corrected chi connectivity index (χ3v) is 4.37. The molecule has 0 aliphatic carbocycles. The van der Waals surface area contributed by atoms with E-state index in [1.54, 1.807) is 17.8 Å². The standard InChI is InChI=1S/C21H22N4O2S/c1-15-13-19(24-25(15)2)20(26)23-21(28)22-17-9-6-10-18(14-17)27-12-11-16-7-4-3-5-8-16/h3-10,13-14H,11-12H2,1-2H3,(H2,22,23,26,28). The molecule has 0 fully saturated rings. The van der Waals surface area contributed by atoms with E-state index in [1.165, 1.54) is 5.56 Å². The smallest absolute Gasteiger partial charge is 0.277 e. The largest absolute Gasteiger partial charge is 0.493 e. The van der Waals surface area contributed by atoms with E-state index in [4.69, 9.17) is 17.0 Å². The van der Waals surface area contributed by atoms with Gasteiger partial charge >= 0.3 is 0 Å². The van der Waals surface area contributed by atoms with Crippen LogP contribution in [0.5, 0.6) is 5.75 Å². The molecular weight excluding hydrogens is 372 g/mol. The zero-order chi connectivity index (χ0) is 19.9. The molecule has 1 aromatic heterocycles. The number of hydrogen-bond acceptors (Lipinski definition) is 4. The van der Waals surface area contributed by atoms with Crippen LogP contribution in [0.25, 0.3) is 0 Å². The molecule has 0 aliphatic rings. The van der Waals surface area contributed by atoms with Crippen LogP contribution in [0.4, 0.5) is 5.69 Å². The molecule has 0 radical (unpaired) electrons. The molecule has 0 saturated heterocycles. The summed E-state index contributed by atoms with van der Waals surface area (Å²) in [4.78, 5) is 12.2. The Morgan fingerprint density at radius 3 is 2.64 bits per heavy atom. The second kappa shape index (κ2) is 9.14. The summed E-state index contributed by atoms with van der Waals surface area (Å²) in [6.07, 6.45) is 0.830. The zero-order valence-electron chi connectivity index (χ0n) is 15.8. The third kappa shape index (κ3) is 5.40. The first-order chi connectivity index (χ1) is 13.5. The minimum Gasteiger partial charge on any atom is -0.493 e. The highest BCUT2D eigenvalue weighted by molar-refractivity contribution is 7.80. The lowest BCUT2D eigenvalue weighted by Crippen LogP contribution is -2.34. The minimum absolute atomic E-state index is 0.203. The van der Waals surface area contributed by atoms with E-state index < -0.39 is 0 Å². The van der Waals surface area contributed by atoms with Crippen molar-refractivity contribution in [1.82, 2.24) is 15.1 Å². The van der Waals surface area contributed by atoms with Gasteiger partial charge in [0.1, 0.15) is 5.75 Å². The molecule has 0 spiro atoms. The predicted octanol–water partition coefficient (Wildman–Crippen LogP) is 3.48. The average molecular weight is 395 g/mol. The molecule has 6 nitrogen and oxygen atoms in total. The van der Waals surface area contributed by atoms with Gasteiger partial charge in [-0.2, -0.15) is 5.10 Å². The van der Waals surface area contributed by atoms with Crippen molar-refractivity contribution in [1.29, 1.82) is 0 Å². The highest BCUT2D eigenvalue weighted by atomic mass is 32.1. The van der Waals surface area contributed by atoms with Crippen molar-refractivity contribution in [2.24, 2.45) is 7.05 Å². The lowest BCUT2D eigenvalue weighted by Gasteiger charge is -2.11. The molecular formula is C21H22N4O2S. The van der Waals surface area contributed by atoms with Gasteiger partial charge in [-0.25, -0.2) is 0 Å². The molecule has 2 aromatic carbocycles. The van der Waals surface area contributed by atoms with Crippen LogP contribution in [0.2, 0.25) is 0 Å². The van der Waals surface area contributed by atoms with Crippen LogP contribution in [0.3, 0.4) is 0 Å². The van der Waals surface area contributed by atoms with E-state index >= 15 is 0 Å². The zero-order valence-corrected chi connectivity index (χ0v) is 16.6. The van der Waals surface area contributed by atoms with Gasteiger partial charge in [0.25, 0.3) is 5.91 Å². The van der Waals surface area contributed by atoms with Gasteiger partial charge in [0.15, 0.2) is 10.8 Å². The van der Waals surface area contributed by atoms with Crippen molar-refractivity contribution >= 4 is 28.9 Å². The molecule has 144 valence electrons. The summed E-state index contributed by atoms with van der Waals surface area (Å²) in [5.41, 5.74) is 3.18. The Labute approximate surface area is 169 Å². The number of ether oxygens (including phenoxy) is 1. The summed E-state index contributed by atoms with van der Waals surface area (Å²) < 4.78 is 7.46. The van der Waals surface area contributed by atoms with E-state index in [0.717, 1.165) is 23.6 Å². The van der Waals surface area contributed by atoms with Gasteiger partial charge in [0.2, 0.25) is 0 Å². The van der Waals surface area contributed by atoms with Crippen molar-refractivity contribution in [2.45, 2.75) is 13.3 Å². The van der Waals surface area contributed by atoms with Crippen molar-refractivity contribution < 1.29 is 9.53 Å². The van der Waals surface area contributed by atoms with E-state index in [-0.39, 0.29) is 11.0 Å². The summed E-state index contributed by atoms with van der Waals surface area (Å²) in [6.45, 7) is 2.46. The van der Waals surface area contributed by atoms with Crippen LogP contribution in [0.1, 0.15) is 21.7 Å². The van der Waals surface area contributed by atoms with Crippen molar-refractivity contribution in [2.75, 3.05) is 11.9 Å². The van der Waals surface area contributed by atoms with Crippen LogP contribution < -0.4 is 15.4 Å². The number of thiocarbonyl (C=S) groups is 1. The van der Waals surface area contributed by atoms with Crippen LogP contribution in [0.15, 0.2) is 60.7 Å². The van der Waals surface area contributed by atoms with Crippen LogP contribution in [-0.4, -0.2) is 27.4 Å². The molecule has 7 heteroatoms. The highest BCUT2D eigenvalue weighted by Crippen LogP contribution is 2.17. The number of nitrogens with zero attached hydrogens (tertiary/aromatic N) is 2. The predicted molar refractivity (Wildman–Crippen MR) is 114 cm³/mol. The summed E-state index contributed by atoms with van der Waals surface area (Å²) in [7, 11) is 1.78. The highest BCUT2D eigenvalue weighted by Gasteiger charge is 2.12. The Morgan fingerprint density at radius 2 is 1.93 bits per heavy atom. The molecule has 1 heterocycles. The molecule has 0 atom stereocenters. The van der Waals surface area contributed by atoms with E-state index in [2.05, 4.69) is 27.9 Å².